The van der Waals surface area contributed by atoms with E-state index in [0.29, 0.717) is 33.0 Å². The highest BCUT2D eigenvalue weighted by Crippen LogP contribution is 1.76. The smallest absolute Gasteiger partial charge is 0.108 e. The van der Waals surface area contributed by atoms with Gasteiger partial charge in [0.2, 0.25) is 0 Å². The van der Waals surface area contributed by atoms with Gasteiger partial charge in [0.05, 0.1) is 19.8 Å². The fraction of sp³-hybridized carbons (Fsp3) is 0.692. The first-order chi connectivity index (χ1) is 7.91. The SMILES string of the molecule is CC.CCC#CC#CCOCCOCCN.[HH]. The highest BCUT2D eigenvalue weighted by Gasteiger charge is 1.85. The molecule has 0 amide bonds. The van der Waals surface area contributed by atoms with E-state index >= 15 is 0 Å². The third-order valence-electron chi connectivity index (χ3n) is 1.22. The number of rotatable bonds is 6. The summed E-state index contributed by atoms with van der Waals surface area (Å²) in [6.45, 7) is 8.64. The van der Waals surface area contributed by atoms with E-state index in [1.165, 1.54) is 0 Å². The molecule has 0 bridgehead atoms. The Balaban J connectivity index is -0.000000616. The van der Waals surface area contributed by atoms with E-state index < -0.39 is 0 Å². The van der Waals surface area contributed by atoms with Crippen molar-refractivity contribution in [2.75, 3.05) is 33.0 Å². The van der Waals surface area contributed by atoms with Crippen molar-refractivity contribution >= 4 is 0 Å². The third kappa shape index (κ3) is 18.7. The summed E-state index contributed by atoms with van der Waals surface area (Å²) in [7, 11) is 0. The van der Waals surface area contributed by atoms with Gasteiger partial charge in [-0.3, -0.25) is 0 Å². The van der Waals surface area contributed by atoms with Crippen molar-refractivity contribution in [2.24, 2.45) is 5.73 Å². The maximum atomic E-state index is 5.23. The standard InChI is InChI=1S/C11H17NO2.C2H6.H2/c1-2-3-4-5-6-8-13-10-11-14-9-7-12;1-2;/h2,7-12H2,1H3;1-2H3;1H. The number of nitrogens with two attached hydrogens (primary N) is 1. The molecule has 0 atom stereocenters. The summed E-state index contributed by atoms with van der Waals surface area (Å²) in [4.78, 5) is 0. The monoisotopic (exact) mass is 227 g/mol. The van der Waals surface area contributed by atoms with E-state index in [1.54, 1.807) is 0 Å². The van der Waals surface area contributed by atoms with Crippen LogP contribution in [0.3, 0.4) is 0 Å². The van der Waals surface area contributed by atoms with Crippen LogP contribution in [0.25, 0.3) is 0 Å². The van der Waals surface area contributed by atoms with Crippen LogP contribution < -0.4 is 5.73 Å². The second-order valence-corrected chi connectivity index (χ2v) is 2.41. The number of hydrogen-bond donors (Lipinski definition) is 1. The van der Waals surface area contributed by atoms with Gasteiger partial charge in [0, 0.05) is 14.4 Å². The van der Waals surface area contributed by atoms with Crippen molar-refractivity contribution in [3.8, 4) is 23.7 Å². The molecule has 3 nitrogen and oxygen atoms in total. The molecule has 0 aromatic rings. The molecule has 0 radical (unpaired) electrons. The second kappa shape index (κ2) is 19.6. The van der Waals surface area contributed by atoms with Gasteiger partial charge >= 0.3 is 0 Å². The third-order valence-corrected chi connectivity index (χ3v) is 1.22. The maximum Gasteiger partial charge on any atom is 0.108 e. The van der Waals surface area contributed by atoms with Gasteiger partial charge in [-0.1, -0.05) is 32.6 Å². The molecule has 0 heterocycles. The predicted molar refractivity (Wildman–Crippen MR) is 70.0 cm³/mol. The van der Waals surface area contributed by atoms with Crippen molar-refractivity contribution in [1.29, 1.82) is 0 Å². The Morgan fingerprint density at radius 3 is 2.25 bits per heavy atom. The zero-order valence-corrected chi connectivity index (χ0v) is 10.6. The van der Waals surface area contributed by atoms with E-state index in [4.69, 9.17) is 15.2 Å². The second-order valence-electron chi connectivity index (χ2n) is 2.41. The molecule has 0 aliphatic rings. The Morgan fingerprint density at radius 2 is 1.62 bits per heavy atom. The lowest BCUT2D eigenvalue weighted by Crippen LogP contribution is -2.12. The van der Waals surface area contributed by atoms with Crippen molar-refractivity contribution in [1.82, 2.24) is 0 Å². The fourth-order valence-corrected chi connectivity index (χ4v) is 0.639. The van der Waals surface area contributed by atoms with Crippen LogP contribution in [0.5, 0.6) is 0 Å². The van der Waals surface area contributed by atoms with Gasteiger partial charge in [-0.25, -0.2) is 0 Å². The molecule has 0 saturated carbocycles. The van der Waals surface area contributed by atoms with Gasteiger partial charge in [0.15, 0.2) is 0 Å². The molecule has 0 aromatic heterocycles. The van der Waals surface area contributed by atoms with Crippen LogP contribution in [-0.4, -0.2) is 33.0 Å². The van der Waals surface area contributed by atoms with Gasteiger partial charge < -0.3 is 15.2 Å². The Labute approximate surface area is 101 Å². The van der Waals surface area contributed by atoms with E-state index in [2.05, 4.69) is 23.7 Å². The minimum absolute atomic E-state index is 0. The zero-order chi connectivity index (χ0) is 12.5. The van der Waals surface area contributed by atoms with E-state index in [0.717, 1.165) is 6.42 Å². The Morgan fingerprint density at radius 1 is 1.00 bits per heavy atom. The predicted octanol–water partition coefficient (Wildman–Crippen LogP) is 1.67. The van der Waals surface area contributed by atoms with Gasteiger partial charge in [0.1, 0.15) is 6.61 Å². The van der Waals surface area contributed by atoms with Crippen LogP contribution in [0.1, 0.15) is 28.6 Å². The molecule has 2 N–H and O–H groups in total. The molecule has 0 aromatic carbocycles. The molecule has 0 spiro atoms. The fourth-order valence-electron chi connectivity index (χ4n) is 0.639. The lowest BCUT2D eigenvalue weighted by Gasteiger charge is -2.00. The van der Waals surface area contributed by atoms with Crippen LogP contribution in [0.4, 0.5) is 0 Å². The summed E-state index contributed by atoms with van der Waals surface area (Å²) in [6, 6.07) is 0. The Kier molecular flexibility index (Phi) is 21.3. The maximum absolute atomic E-state index is 5.23. The molecule has 0 fully saturated rings. The molecular formula is C13H25NO2. The zero-order valence-electron chi connectivity index (χ0n) is 10.6. The molecule has 0 rings (SSSR count). The minimum Gasteiger partial charge on any atom is -0.378 e. The first kappa shape index (κ1) is 17.4. The van der Waals surface area contributed by atoms with Crippen LogP contribution >= 0.6 is 0 Å². The van der Waals surface area contributed by atoms with Crippen molar-refractivity contribution in [3.05, 3.63) is 0 Å². The number of ether oxygens (including phenoxy) is 2. The first-order valence-corrected chi connectivity index (χ1v) is 5.73. The summed E-state index contributed by atoms with van der Waals surface area (Å²) in [5, 5.41) is 0. The summed E-state index contributed by atoms with van der Waals surface area (Å²) in [6.07, 6.45) is 0.836. The van der Waals surface area contributed by atoms with E-state index in [9.17, 15) is 0 Å². The van der Waals surface area contributed by atoms with Gasteiger partial charge in [-0.15, -0.1) is 0 Å². The normalized spacial score (nSPS) is 7.75. The lowest BCUT2D eigenvalue weighted by molar-refractivity contribution is 0.0637. The van der Waals surface area contributed by atoms with Crippen LogP contribution in [0, 0.1) is 23.7 Å². The highest BCUT2D eigenvalue weighted by molar-refractivity contribution is 5.25. The van der Waals surface area contributed by atoms with Gasteiger partial charge in [-0.2, -0.15) is 0 Å². The largest absolute Gasteiger partial charge is 0.378 e. The lowest BCUT2D eigenvalue weighted by atomic mass is 10.4. The molecule has 0 saturated heterocycles. The van der Waals surface area contributed by atoms with Crippen LogP contribution in [0.2, 0.25) is 0 Å². The van der Waals surface area contributed by atoms with Gasteiger partial charge in [0.25, 0.3) is 0 Å². The summed E-state index contributed by atoms with van der Waals surface area (Å²) in [5.41, 5.74) is 5.23. The van der Waals surface area contributed by atoms with E-state index in [-0.39, 0.29) is 1.43 Å². The topological polar surface area (TPSA) is 44.5 Å². The molecular weight excluding hydrogens is 202 g/mol. The van der Waals surface area contributed by atoms with Crippen molar-refractivity contribution in [2.45, 2.75) is 27.2 Å². The van der Waals surface area contributed by atoms with Crippen LogP contribution in [0.15, 0.2) is 0 Å². The molecule has 94 valence electrons. The molecule has 0 aliphatic carbocycles. The molecule has 0 aliphatic heterocycles. The molecule has 16 heavy (non-hydrogen) atoms. The average molecular weight is 227 g/mol. The number of hydrogen-bond acceptors (Lipinski definition) is 3. The van der Waals surface area contributed by atoms with Gasteiger partial charge in [-0.05, 0) is 11.8 Å². The van der Waals surface area contributed by atoms with Crippen LogP contribution in [-0.2, 0) is 9.47 Å². The summed E-state index contributed by atoms with van der Waals surface area (Å²) >= 11 is 0. The Hall–Kier alpha value is -1.00. The molecule has 3 heteroatoms. The quantitative estimate of drug-likeness (QED) is 0.554. The first-order valence-electron chi connectivity index (χ1n) is 5.73. The minimum atomic E-state index is 0. The van der Waals surface area contributed by atoms with Crippen molar-refractivity contribution in [3.63, 3.8) is 0 Å². The molecule has 0 unspecified atom stereocenters. The summed E-state index contributed by atoms with van der Waals surface area (Å²) in [5.74, 6) is 11.0. The summed E-state index contributed by atoms with van der Waals surface area (Å²) < 4.78 is 10.3. The highest BCUT2D eigenvalue weighted by atomic mass is 16.5. The Bertz CT molecular complexity index is 235. The average Bonchev–Trinajstić information content (AvgIpc) is 2.34. The van der Waals surface area contributed by atoms with Crippen molar-refractivity contribution < 1.29 is 10.9 Å². The van der Waals surface area contributed by atoms with E-state index in [1.807, 2.05) is 20.8 Å².